The SMILES string of the molecule is CC(=O)/C=C/c1cccc2c1[C@]13CCNC(=O)[C@]1(CCN=[N+]=[N-])c1ccccc1N(C(=O)OC(C)(C)C)[C@@H]3N2C. The standard InChI is InChI=1S/C30H34N6O4/c1-19(37)13-14-20-9-8-12-23-24(20)30-15-17-32-25(38)29(30,16-18-33-34-31)21-10-6-7-11-22(21)36(26(30)35(23)5)27(39)40-28(2,3)4/h6-14,26H,15-18H2,1-5H3,(H,32,38)/b14-13+/t26-,29-,30-/m0/s1. The monoisotopic (exact) mass is 542 g/mol. The van der Waals surface area contributed by atoms with E-state index >= 15 is 0 Å². The minimum Gasteiger partial charge on any atom is -0.443 e. The zero-order valence-corrected chi connectivity index (χ0v) is 23.5. The molecule has 10 nitrogen and oxygen atoms in total. The molecule has 208 valence electrons. The van der Waals surface area contributed by atoms with E-state index in [2.05, 4.69) is 15.3 Å². The van der Waals surface area contributed by atoms with Crippen molar-refractivity contribution in [3.8, 4) is 0 Å². The third kappa shape index (κ3) is 3.85. The van der Waals surface area contributed by atoms with Gasteiger partial charge in [-0.05, 0) is 81.0 Å². The Hall–Kier alpha value is -4.30. The molecular weight excluding hydrogens is 508 g/mol. The molecule has 3 heterocycles. The second-order valence-corrected chi connectivity index (χ2v) is 11.6. The van der Waals surface area contributed by atoms with Crippen LogP contribution >= 0.6 is 0 Å². The van der Waals surface area contributed by atoms with Gasteiger partial charge in [0.2, 0.25) is 5.91 Å². The number of allylic oxidation sites excluding steroid dienone is 1. The molecule has 0 bridgehead atoms. The predicted molar refractivity (Wildman–Crippen MR) is 153 cm³/mol. The normalized spacial score (nSPS) is 24.8. The second kappa shape index (κ2) is 9.71. The van der Waals surface area contributed by atoms with Crippen molar-refractivity contribution < 1.29 is 19.1 Å². The van der Waals surface area contributed by atoms with E-state index in [0.717, 1.165) is 16.8 Å². The molecule has 1 N–H and O–H groups in total. The quantitative estimate of drug-likeness (QED) is 0.240. The van der Waals surface area contributed by atoms with Crippen LogP contribution in [0, 0.1) is 0 Å². The Morgan fingerprint density at radius 3 is 2.62 bits per heavy atom. The van der Waals surface area contributed by atoms with Crippen LogP contribution in [0.5, 0.6) is 0 Å². The number of rotatable bonds is 5. The minimum absolute atomic E-state index is 0.0870. The lowest BCUT2D eigenvalue weighted by atomic mass is 9.49. The number of para-hydroxylation sites is 1. The highest BCUT2D eigenvalue weighted by Crippen LogP contribution is 2.65. The molecule has 3 aliphatic rings. The fourth-order valence-corrected chi connectivity index (χ4v) is 7.08. The van der Waals surface area contributed by atoms with E-state index in [1.807, 2.05) is 75.2 Å². The fourth-order valence-electron chi connectivity index (χ4n) is 7.08. The van der Waals surface area contributed by atoms with Crippen LogP contribution in [0.25, 0.3) is 16.5 Å². The molecule has 40 heavy (non-hydrogen) atoms. The van der Waals surface area contributed by atoms with Crippen LogP contribution < -0.4 is 15.1 Å². The van der Waals surface area contributed by atoms with Gasteiger partial charge in [0.25, 0.3) is 0 Å². The first kappa shape index (κ1) is 27.3. The topological polar surface area (TPSA) is 128 Å². The summed E-state index contributed by atoms with van der Waals surface area (Å²) in [6.07, 6.45) is 2.91. The van der Waals surface area contributed by atoms with Crippen LogP contribution in [0.3, 0.4) is 0 Å². The summed E-state index contributed by atoms with van der Waals surface area (Å²) in [5.74, 6) is -0.279. The summed E-state index contributed by atoms with van der Waals surface area (Å²) < 4.78 is 5.97. The van der Waals surface area contributed by atoms with Crippen molar-refractivity contribution in [3.05, 3.63) is 75.7 Å². The first-order chi connectivity index (χ1) is 19.0. The lowest BCUT2D eigenvalue weighted by molar-refractivity contribution is -0.134. The Bertz CT molecular complexity index is 1470. The number of hydrogen-bond acceptors (Lipinski definition) is 6. The van der Waals surface area contributed by atoms with Gasteiger partial charge >= 0.3 is 6.09 Å². The summed E-state index contributed by atoms with van der Waals surface area (Å²) in [6, 6.07) is 13.3. The molecule has 0 radical (unpaired) electrons. The van der Waals surface area contributed by atoms with Crippen molar-refractivity contribution in [2.75, 3.05) is 29.9 Å². The van der Waals surface area contributed by atoms with Crippen molar-refractivity contribution >= 4 is 35.2 Å². The molecule has 1 fully saturated rings. The first-order valence-electron chi connectivity index (χ1n) is 13.5. The van der Waals surface area contributed by atoms with Crippen LogP contribution in [-0.4, -0.2) is 49.7 Å². The van der Waals surface area contributed by atoms with Crippen LogP contribution in [0.15, 0.2) is 53.7 Å². The number of piperidine rings is 1. The molecule has 0 saturated carbocycles. The highest BCUT2D eigenvalue weighted by atomic mass is 16.6. The number of carbonyl (C=O) groups excluding carboxylic acids is 3. The number of fused-ring (bicyclic) bond motifs is 3. The molecule has 0 aromatic heterocycles. The van der Waals surface area contributed by atoms with Crippen LogP contribution in [0.1, 0.15) is 57.2 Å². The van der Waals surface area contributed by atoms with Gasteiger partial charge < -0.3 is 15.0 Å². The molecule has 0 aliphatic carbocycles. The zero-order chi connectivity index (χ0) is 28.9. The average Bonchev–Trinajstić information content (AvgIpc) is 3.14. The minimum atomic E-state index is -1.18. The molecular formula is C30H34N6O4. The lowest BCUT2D eigenvalue weighted by Gasteiger charge is -2.60. The summed E-state index contributed by atoms with van der Waals surface area (Å²) in [5.41, 5.74) is 10.1. The van der Waals surface area contributed by atoms with E-state index < -0.39 is 28.7 Å². The summed E-state index contributed by atoms with van der Waals surface area (Å²) in [5, 5.41) is 6.95. The first-order valence-corrected chi connectivity index (χ1v) is 13.5. The predicted octanol–water partition coefficient (Wildman–Crippen LogP) is 5.22. The van der Waals surface area contributed by atoms with Crippen LogP contribution in [-0.2, 0) is 25.2 Å². The van der Waals surface area contributed by atoms with E-state index in [1.54, 1.807) is 11.0 Å². The number of ketones is 1. The van der Waals surface area contributed by atoms with Crippen molar-refractivity contribution in [2.24, 2.45) is 5.11 Å². The number of azide groups is 1. The third-order valence-corrected chi connectivity index (χ3v) is 8.27. The van der Waals surface area contributed by atoms with Crippen molar-refractivity contribution in [2.45, 2.75) is 63.1 Å². The summed E-state index contributed by atoms with van der Waals surface area (Å²) >= 11 is 0. The van der Waals surface area contributed by atoms with Crippen molar-refractivity contribution in [1.29, 1.82) is 0 Å². The number of likely N-dealkylation sites (N-methyl/N-ethyl adjacent to an activating group) is 1. The molecule has 2 aromatic rings. The van der Waals surface area contributed by atoms with Gasteiger partial charge in [0.05, 0.1) is 16.5 Å². The summed E-state index contributed by atoms with van der Waals surface area (Å²) in [4.78, 5) is 47.2. The van der Waals surface area contributed by atoms with E-state index in [9.17, 15) is 14.4 Å². The van der Waals surface area contributed by atoms with Gasteiger partial charge in [-0.1, -0.05) is 41.5 Å². The maximum absolute atomic E-state index is 14.4. The molecule has 2 aromatic carbocycles. The molecule has 1 spiro atoms. The van der Waals surface area contributed by atoms with E-state index in [4.69, 9.17) is 10.3 Å². The molecule has 3 atom stereocenters. The Morgan fingerprint density at radius 2 is 1.93 bits per heavy atom. The van der Waals surface area contributed by atoms with Gasteiger partial charge in [0.15, 0.2) is 5.78 Å². The molecule has 1 saturated heterocycles. The van der Waals surface area contributed by atoms with Gasteiger partial charge in [-0.25, -0.2) is 4.79 Å². The van der Waals surface area contributed by atoms with Gasteiger partial charge in [-0.15, -0.1) is 0 Å². The fraction of sp³-hybridized carbons (Fsp3) is 0.433. The van der Waals surface area contributed by atoms with Gasteiger partial charge in [0.1, 0.15) is 11.8 Å². The molecule has 10 heteroatoms. The number of anilines is 2. The summed E-state index contributed by atoms with van der Waals surface area (Å²) in [7, 11) is 1.92. The number of nitrogens with zero attached hydrogens (tertiary/aromatic N) is 5. The van der Waals surface area contributed by atoms with E-state index in [1.165, 1.54) is 13.0 Å². The zero-order valence-electron chi connectivity index (χ0n) is 23.5. The van der Waals surface area contributed by atoms with E-state index in [0.29, 0.717) is 24.2 Å². The highest BCUT2D eigenvalue weighted by Gasteiger charge is 2.72. The maximum Gasteiger partial charge on any atom is 0.416 e. The third-order valence-electron chi connectivity index (χ3n) is 8.27. The van der Waals surface area contributed by atoms with Crippen LogP contribution in [0.4, 0.5) is 16.2 Å². The van der Waals surface area contributed by atoms with Gasteiger partial charge in [-0.3, -0.25) is 14.5 Å². The van der Waals surface area contributed by atoms with E-state index in [-0.39, 0.29) is 24.7 Å². The Balaban J connectivity index is 1.91. The highest BCUT2D eigenvalue weighted by molar-refractivity contribution is 6.03. The average molecular weight is 543 g/mol. The molecule has 2 amide bonds. The second-order valence-electron chi connectivity index (χ2n) is 11.6. The molecule has 5 rings (SSSR count). The number of hydrogen-bond donors (Lipinski definition) is 1. The Morgan fingerprint density at radius 1 is 1.20 bits per heavy atom. The Kier molecular flexibility index (Phi) is 6.62. The molecule has 0 unspecified atom stereocenters. The van der Waals surface area contributed by atoms with Gasteiger partial charge in [0, 0.05) is 30.7 Å². The number of carbonyl (C=O) groups is 3. The number of nitrogens with one attached hydrogen (secondary N) is 1. The largest absolute Gasteiger partial charge is 0.443 e. The number of ether oxygens (including phenoxy) is 1. The summed E-state index contributed by atoms with van der Waals surface area (Å²) in [6.45, 7) is 7.45. The molecule has 3 aliphatic heterocycles. The van der Waals surface area contributed by atoms with Crippen molar-refractivity contribution in [3.63, 3.8) is 0 Å². The lowest BCUT2D eigenvalue weighted by Crippen LogP contribution is -2.74. The van der Waals surface area contributed by atoms with Crippen molar-refractivity contribution in [1.82, 2.24) is 5.32 Å². The smallest absolute Gasteiger partial charge is 0.416 e. The maximum atomic E-state index is 14.4. The van der Waals surface area contributed by atoms with Gasteiger partial charge in [-0.2, -0.15) is 0 Å². The number of benzene rings is 2. The number of amides is 2. The Labute approximate surface area is 233 Å². The van der Waals surface area contributed by atoms with Crippen LogP contribution in [0.2, 0.25) is 0 Å².